The first kappa shape index (κ1) is 12.7. The number of hydrogen-bond acceptors (Lipinski definition) is 4. The molecule has 0 aliphatic rings. The molecular formula is C16H16N4. The van der Waals surface area contributed by atoms with Gasteiger partial charge in [-0.3, -0.25) is 10.8 Å². The van der Waals surface area contributed by atoms with Gasteiger partial charge in [0.1, 0.15) is 0 Å². The standard InChI is InChI=1S/C16H16N4/c1-11-6-8-12(9-7-11)16(20-17)15-10-18-13-4-2-3-5-14(13)19-15/h2-10,16,20H,17H2,1H3. The lowest BCUT2D eigenvalue weighted by Crippen LogP contribution is -2.29. The van der Waals surface area contributed by atoms with E-state index in [2.05, 4.69) is 46.6 Å². The van der Waals surface area contributed by atoms with Gasteiger partial charge >= 0.3 is 0 Å². The minimum atomic E-state index is -0.160. The van der Waals surface area contributed by atoms with Crippen LogP contribution >= 0.6 is 0 Å². The van der Waals surface area contributed by atoms with Crippen molar-refractivity contribution in [3.8, 4) is 0 Å². The first-order valence-corrected chi connectivity index (χ1v) is 6.52. The van der Waals surface area contributed by atoms with E-state index >= 15 is 0 Å². The Labute approximate surface area is 117 Å². The normalized spacial score (nSPS) is 12.5. The van der Waals surface area contributed by atoms with E-state index in [0.29, 0.717) is 0 Å². The molecule has 0 fully saturated rings. The molecule has 1 unspecified atom stereocenters. The second-order valence-electron chi connectivity index (χ2n) is 4.79. The van der Waals surface area contributed by atoms with Crippen LogP contribution in [0.3, 0.4) is 0 Å². The summed E-state index contributed by atoms with van der Waals surface area (Å²) >= 11 is 0. The van der Waals surface area contributed by atoms with Crippen LogP contribution in [0.25, 0.3) is 11.0 Å². The molecule has 100 valence electrons. The first-order chi connectivity index (χ1) is 9.78. The molecule has 3 rings (SSSR count). The van der Waals surface area contributed by atoms with Gasteiger partial charge in [-0.1, -0.05) is 42.0 Å². The van der Waals surface area contributed by atoms with Gasteiger partial charge in [-0.2, -0.15) is 0 Å². The third-order valence-corrected chi connectivity index (χ3v) is 3.34. The van der Waals surface area contributed by atoms with Crippen molar-refractivity contribution in [3.63, 3.8) is 0 Å². The molecule has 3 N–H and O–H groups in total. The van der Waals surface area contributed by atoms with Gasteiger partial charge < -0.3 is 0 Å². The summed E-state index contributed by atoms with van der Waals surface area (Å²) in [6.45, 7) is 2.06. The lowest BCUT2D eigenvalue weighted by Gasteiger charge is -2.16. The molecule has 0 spiro atoms. The number of hydrogen-bond donors (Lipinski definition) is 2. The Balaban J connectivity index is 2.04. The highest BCUT2D eigenvalue weighted by atomic mass is 15.2. The van der Waals surface area contributed by atoms with E-state index in [1.165, 1.54) is 5.56 Å². The molecule has 0 aliphatic heterocycles. The molecule has 0 bridgehead atoms. The Morgan fingerprint density at radius 2 is 1.70 bits per heavy atom. The summed E-state index contributed by atoms with van der Waals surface area (Å²) in [4.78, 5) is 9.08. The van der Waals surface area contributed by atoms with Crippen molar-refractivity contribution in [2.75, 3.05) is 0 Å². The summed E-state index contributed by atoms with van der Waals surface area (Å²) in [7, 11) is 0. The Morgan fingerprint density at radius 1 is 1.00 bits per heavy atom. The van der Waals surface area contributed by atoms with Crippen molar-refractivity contribution in [2.45, 2.75) is 13.0 Å². The number of benzene rings is 2. The second-order valence-corrected chi connectivity index (χ2v) is 4.79. The van der Waals surface area contributed by atoms with Gasteiger partial charge in [-0.25, -0.2) is 10.4 Å². The number of aromatic nitrogens is 2. The van der Waals surface area contributed by atoms with Crippen molar-refractivity contribution in [1.29, 1.82) is 0 Å². The van der Waals surface area contributed by atoms with E-state index in [1.807, 2.05) is 24.3 Å². The van der Waals surface area contributed by atoms with Gasteiger partial charge in [0.05, 0.1) is 29.0 Å². The lowest BCUT2D eigenvalue weighted by molar-refractivity contribution is 0.620. The molecule has 2 aromatic carbocycles. The Kier molecular flexibility index (Phi) is 3.41. The van der Waals surface area contributed by atoms with E-state index in [-0.39, 0.29) is 6.04 Å². The summed E-state index contributed by atoms with van der Waals surface area (Å²) in [5.41, 5.74) is 7.68. The highest BCUT2D eigenvalue weighted by molar-refractivity contribution is 5.73. The van der Waals surface area contributed by atoms with Gasteiger partial charge in [-0.05, 0) is 24.6 Å². The number of nitrogens with one attached hydrogen (secondary N) is 1. The Morgan fingerprint density at radius 3 is 2.40 bits per heavy atom. The molecule has 20 heavy (non-hydrogen) atoms. The van der Waals surface area contributed by atoms with Gasteiger partial charge in [0.15, 0.2) is 0 Å². The maximum Gasteiger partial charge on any atom is 0.0897 e. The average molecular weight is 264 g/mol. The highest BCUT2D eigenvalue weighted by Crippen LogP contribution is 2.21. The SMILES string of the molecule is Cc1ccc(C(NN)c2cnc3ccccc3n2)cc1. The molecule has 4 nitrogen and oxygen atoms in total. The fraction of sp³-hybridized carbons (Fsp3) is 0.125. The molecular weight excluding hydrogens is 248 g/mol. The lowest BCUT2D eigenvalue weighted by atomic mass is 10.0. The van der Waals surface area contributed by atoms with E-state index in [0.717, 1.165) is 22.3 Å². The minimum Gasteiger partial charge on any atom is -0.271 e. The smallest absolute Gasteiger partial charge is 0.0897 e. The zero-order valence-electron chi connectivity index (χ0n) is 11.2. The number of fused-ring (bicyclic) bond motifs is 1. The number of para-hydroxylation sites is 2. The fourth-order valence-electron chi connectivity index (χ4n) is 2.22. The van der Waals surface area contributed by atoms with Gasteiger partial charge in [0.2, 0.25) is 0 Å². The molecule has 4 heteroatoms. The quantitative estimate of drug-likeness (QED) is 0.563. The summed E-state index contributed by atoms with van der Waals surface area (Å²) in [6.07, 6.45) is 1.77. The molecule has 0 saturated carbocycles. The van der Waals surface area contributed by atoms with E-state index in [4.69, 9.17) is 5.84 Å². The molecule has 0 saturated heterocycles. The largest absolute Gasteiger partial charge is 0.271 e. The van der Waals surface area contributed by atoms with Crippen molar-refractivity contribution < 1.29 is 0 Å². The van der Waals surface area contributed by atoms with Crippen LogP contribution in [0, 0.1) is 6.92 Å². The van der Waals surface area contributed by atoms with Crippen LogP contribution in [0.15, 0.2) is 54.7 Å². The van der Waals surface area contributed by atoms with Crippen molar-refractivity contribution in [3.05, 3.63) is 71.5 Å². The summed E-state index contributed by atoms with van der Waals surface area (Å²) in [6, 6.07) is 15.9. The van der Waals surface area contributed by atoms with Crippen LogP contribution in [0.2, 0.25) is 0 Å². The maximum absolute atomic E-state index is 5.70. The number of hydrazine groups is 1. The summed E-state index contributed by atoms with van der Waals surface area (Å²) < 4.78 is 0. The van der Waals surface area contributed by atoms with Gasteiger partial charge in [-0.15, -0.1) is 0 Å². The minimum absolute atomic E-state index is 0.160. The molecule has 0 radical (unpaired) electrons. The fourth-order valence-corrected chi connectivity index (χ4v) is 2.22. The van der Waals surface area contributed by atoms with Crippen LogP contribution in [-0.2, 0) is 0 Å². The van der Waals surface area contributed by atoms with E-state index in [1.54, 1.807) is 6.20 Å². The summed E-state index contributed by atoms with van der Waals surface area (Å²) in [5.74, 6) is 5.70. The topological polar surface area (TPSA) is 63.8 Å². The van der Waals surface area contributed by atoms with Crippen molar-refractivity contribution in [1.82, 2.24) is 15.4 Å². The summed E-state index contributed by atoms with van der Waals surface area (Å²) in [5, 5.41) is 0. The van der Waals surface area contributed by atoms with Crippen LogP contribution in [0.1, 0.15) is 22.9 Å². The molecule has 1 atom stereocenters. The van der Waals surface area contributed by atoms with Crippen molar-refractivity contribution >= 4 is 11.0 Å². The van der Waals surface area contributed by atoms with Gasteiger partial charge in [0, 0.05) is 0 Å². The van der Waals surface area contributed by atoms with E-state index < -0.39 is 0 Å². The van der Waals surface area contributed by atoms with Crippen LogP contribution in [-0.4, -0.2) is 9.97 Å². The molecule has 3 aromatic rings. The van der Waals surface area contributed by atoms with Crippen LogP contribution in [0.5, 0.6) is 0 Å². The monoisotopic (exact) mass is 264 g/mol. The Hall–Kier alpha value is -2.30. The molecule has 0 aliphatic carbocycles. The zero-order chi connectivity index (χ0) is 13.9. The van der Waals surface area contributed by atoms with E-state index in [9.17, 15) is 0 Å². The molecule has 1 aromatic heterocycles. The van der Waals surface area contributed by atoms with Crippen LogP contribution < -0.4 is 11.3 Å². The molecule has 1 heterocycles. The Bertz CT molecular complexity index is 722. The number of rotatable bonds is 3. The third kappa shape index (κ3) is 2.39. The third-order valence-electron chi connectivity index (χ3n) is 3.34. The maximum atomic E-state index is 5.70. The van der Waals surface area contributed by atoms with Crippen LogP contribution in [0.4, 0.5) is 0 Å². The first-order valence-electron chi connectivity index (χ1n) is 6.52. The number of aryl methyl sites for hydroxylation is 1. The zero-order valence-corrected chi connectivity index (χ0v) is 11.2. The van der Waals surface area contributed by atoms with Crippen molar-refractivity contribution in [2.24, 2.45) is 5.84 Å². The predicted molar refractivity (Wildman–Crippen MR) is 79.9 cm³/mol. The number of nitrogens with zero attached hydrogens (tertiary/aromatic N) is 2. The van der Waals surface area contributed by atoms with Gasteiger partial charge in [0.25, 0.3) is 0 Å². The molecule has 0 amide bonds. The average Bonchev–Trinajstić information content (AvgIpc) is 2.50. The highest BCUT2D eigenvalue weighted by Gasteiger charge is 2.14. The second kappa shape index (κ2) is 5.36. The predicted octanol–water partition coefficient (Wildman–Crippen LogP) is 2.49. The number of nitrogens with two attached hydrogens (primary N) is 1.